The second-order valence-corrected chi connectivity index (χ2v) is 5.33. The molecule has 0 unspecified atom stereocenters. The highest BCUT2D eigenvalue weighted by Gasteiger charge is 2.08. The van der Waals surface area contributed by atoms with E-state index < -0.39 is 0 Å². The maximum atomic E-state index is 5.66. The highest BCUT2D eigenvalue weighted by atomic mass is 32.2. The fourth-order valence-electron chi connectivity index (χ4n) is 1.80. The smallest absolute Gasteiger partial charge is 0.223 e. The van der Waals surface area contributed by atoms with Crippen LogP contribution in [0.5, 0.6) is 0 Å². The lowest BCUT2D eigenvalue weighted by molar-refractivity contribution is 0.659. The Hall–Kier alpha value is -1.30. The van der Waals surface area contributed by atoms with E-state index in [-0.39, 0.29) is 0 Å². The number of nitrogens with one attached hydrogen (secondary N) is 1. The molecule has 5 nitrogen and oxygen atoms in total. The standard InChI is InChI=1S/C12H19N5S/c1-2-3-4-5-6-7-18-11-9-10(15-8-14-9)16-12(13)17-11/h8H,2-7H2,1H3,(H3,13,14,15,16,17). The van der Waals surface area contributed by atoms with Gasteiger partial charge in [-0.05, 0) is 12.2 Å². The van der Waals surface area contributed by atoms with E-state index in [2.05, 4.69) is 26.9 Å². The van der Waals surface area contributed by atoms with E-state index in [0.717, 1.165) is 16.3 Å². The van der Waals surface area contributed by atoms with Gasteiger partial charge in [-0.15, -0.1) is 11.8 Å². The van der Waals surface area contributed by atoms with Crippen LogP contribution in [-0.4, -0.2) is 25.7 Å². The van der Waals surface area contributed by atoms with Gasteiger partial charge < -0.3 is 10.7 Å². The molecule has 2 rings (SSSR count). The molecule has 0 aromatic carbocycles. The van der Waals surface area contributed by atoms with Crippen molar-refractivity contribution < 1.29 is 0 Å². The Morgan fingerprint density at radius 1 is 1.22 bits per heavy atom. The van der Waals surface area contributed by atoms with Gasteiger partial charge in [-0.1, -0.05) is 32.6 Å². The Bertz CT molecular complexity index is 496. The van der Waals surface area contributed by atoms with Gasteiger partial charge in [-0.3, -0.25) is 0 Å². The zero-order valence-electron chi connectivity index (χ0n) is 10.6. The molecular weight excluding hydrogens is 246 g/mol. The molecule has 0 aliphatic rings. The molecule has 0 aliphatic heterocycles. The normalized spacial score (nSPS) is 11.2. The molecule has 0 spiro atoms. The molecule has 3 N–H and O–H groups in total. The lowest BCUT2D eigenvalue weighted by atomic mass is 10.2. The van der Waals surface area contributed by atoms with Crippen molar-refractivity contribution in [3.05, 3.63) is 6.33 Å². The Labute approximate surface area is 111 Å². The van der Waals surface area contributed by atoms with Crippen LogP contribution >= 0.6 is 11.8 Å². The highest BCUT2D eigenvalue weighted by molar-refractivity contribution is 7.99. The van der Waals surface area contributed by atoms with Gasteiger partial charge in [-0.25, -0.2) is 9.97 Å². The maximum absolute atomic E-state index is 5.66. The summed E-state index contributed by atoms with van der Waals surface area (Å²) in [5.41, 5.74) is 7.20. The lowest BCUT2D eigenvalue weighted by Gasteiger charge is -2.03. The van der Waals surface area contributed by atoms with Crippen molar-refractivity contribution in [2.75, 3.05) is 11.5 Å². The molecule has 0 amide bonds. The van der Waals surface area contributed by atoms with Crippen molar-refractivity contribution >= 4 is 28.9 Å². The number of aromatic nitrogens is 4. The van der Waals surface area contributed by atoms with Crippen LogP contribution < -0.4 is 5.73 Å². The predicted octanol–water partition coefficient (Wildman–Crippen LogP) is 3.00. The number of nitrogens with zero attached hydrogens (tertiary/aromatic N) is 3. The largest absolute Gasteiger partial charge is 0.368 e. The van der Waals surface area contributed by atoms with Gasteiger partial charge in [0, 0.05) is 0 Å². The van der Waals surface area contributed by atoms with Gasteiger partial charge in [0.25, 0.3) is 0 Å². The molecule has 0 saturated carbocycles. The molecule has 6 heteroatoms. The first-order valence-electron chi connectivity index (χ1n) is 6.40. The molecular formula is C12H19N5S. The number of nitrogen functional groups attached to an aromatic ring is 1. The number of fused-ring (bicyclic) bond motifs is 1. The fourth-order valence-corrected chi connectivity index (χ4v) is 2.80. The minimum absolute atomic E-state index is 0.295. The Kier molecular flexibility index (Phi) is 4.81. The fraction of sp³-hybridized carbons (Fsp3) is 0.583. The van der Waals surface area contributed by atoms with E-state index in [1.807, 2.05) is 0 Å². The maximum Gasteiger partial charge on any atom is 0.223 e. The van der Waals surface area contributed by atoms with E-state index in [4.69, 9.17) is 5.73 Å². The van der Waals surface area contributed by atoms with Gasteiger partial charge in [0.15, 0.2) is 5.65 Å². The molecule has 98 valence electrons. The van der Waals surface area contributed by atoms with Crippen LogP contribution in [-0.2, 0) is 0 Å². The average molecular weight is 265 g/mol. The van der Waals surface area contributed by atoms with Crippen LogP contribution in [0.2, 0.25) is 0 Å². The first kappa shape index (κ1) is 13.1. The van der Waals surface area contributed by atoms with Crippen molar-refractivity contribution in [2.24, 2.45) is 0 Å². The second-order valence-electron chi connectivity index (χ2n) is 4.25. The molecule has 0 atom stereocenters. The minimum Gasteiger partial charge on any atom is -0.368 e. The lowest BCUT2D eigenvalue weighted by Crippen LogP contribution is -1.97. The van der Waals surface area contributed by atoms with Gasteiger partial charge in [0.1, 0.15) is 10.5 Å². The summed E-state index contributed by atoms with van der Waals surface area (Å²) in [7, 11) is 0. The quantitative estimate of drug-likeness (QED) is 0.457. The third-order valence-corrected chi connectivity index (χ3v) is 3.82. The number of imidazole rings is 1. The topological polar surface area (TPSA) is 80.5 Å². The van der Waals surface area contributed by atoms with Crippen LogP contribution in [0.25, 0.3) is 11.2 Å². The summed E-state index contributed by atoms with van der Waals surface area (Å²) in [5.74, 6) is 1.36. The number of rotatable bonds is 7. The average Bonchev–Trinajstić information content (AvgIpc) is 2.81. The van der Waals surface area contributed by atoms with E-state index in [1.54, 1.807) is 18.1 Å². The molecule has 2 aromatic heterocycles. The SMILES string of the molecule is CCCCCCCSc1nc(N)nc2nc[nH]c12. The molecule has 0 saturated heterocycles. The summed E-state index contributed by atoms with van der Waals surface area (Å²) in [5, 5.41) is 0.908. The summed E-state index contributed by atoms with van der Waals surface area (Å²) in [6, 6.07) is 0. The van der Waals surface area contributed by atoms with Gasteiger partial charge in [0.2, 0.25) is 5.95 Å². The summed E-state index contributed by atoms with van der Waals surface area (Å²) in [6.45, 7) is 2.23. The second kappa shape index (κ2) is 6.58. The van der Waals surface area contributed by atoms with Crippen molar-refractivity contribution in [1.29, 1.82) is 0 Å². The number of unbranched alkanes of at least 4 members (excludes halogenated alkanes) is 4. The van der Waals surface area contributed by atoms with Gasteiger partial charge in [-0.2, -0.15) is 4.98 Å². The van der Waals surface area contributed by atoms with Crippen molar-refractivity contribution in [3.63, 3.8) is 0 Å². The molecule has 0 radical (unpaired) electrons. The van der Waals surface area contributed by atoms with E-state index in [0.29, 0.717) is 11.6 Å². The summed E-state index contributed by atoms with van der Waals surface area (Å²) in [4.78, 5) is 15.5. The van der Waals surface area contributed by atoms with Crippen LogP contribution in [0.4, 0.5) is 5.95 Å². The number of hydrogen-bond donors (Lipinski definition) is 2. The predicted molar refractivity (Wildman–Crippen MR) is 75.6 cm³/mol. The number of hydrogen-bond acceptors (Lipinski definition) is 5. The Morgan fingerprint density at radius 2 is 2.06 bits per heavy atom. The zero-order valence-corrected chi connectivity index (χ0v) is 11.5. The molecule has 18 heavy (non-hydrogen) atoms. The molecule has 0 bridgehead atoms. The molecule has 2 aromatic rings. The number of aromatic amines is 1. The van der Waals surface area contributed by atoms with Crippen LogP contribution in [0.3, 0.4) is 0 Å². The molecule has 0 aliphatic carbocycles. The number of anilines is 1. The summed E-state index contributed by atoms with van der Waals surface area (Å²) >= 11 is 1.72. The molecule has 0 fully saturated rings. The van der Waals surface area contributed by atoms with Crippen molar-refractivity contribution in [3.8, 4) is 0 Å². The summed E-state index contributed by atoms with van der Waals surface area (Å²) in [6.07, 6.45) is 8.06. The zero-order chi connectivity index (χ0) is 12.8. The Balaban J connectivity index is 1.89. The van der Waals surface area contributed by atoms with Crippen molar-refractivity contribution in [1.82, 2.24) is 19.9 Å². The first-order valence-corrected chi connectivity index (χ1v) is 7.39. The van der Waals surface area contributed by atoms with Crippen LogP contribution in [0.1, 0.15) is 39.0 Å². The first-order chi connectivity index (χ1) is 8.81. The monoisotopic (exact) mass is 265 g/mol. The number of thioether (sulfide) groups is 1. The minimum atomic E-state index is 0.295. The molecule has 2 heterocycles. The Morgan fingerprint density at radius 3 is 2.89 bits per heavy atom. The van der Waals surface area contributed by atoms with Crippen molar-refractivity contribution in [2.45, 2.75) is 44.1 Å². The van der Waals surface area contributed by atoms with E-state index in [9.17, 15) is 0 Å². The van der Waals surface area contributed by atoms with Crippen LogP contribution in [0, 0.1) is 0 Å². The number of nitrogens with two attached hydrogens (primary N) is 1. The van der Waals surface area contributed by atoms with Gasteiger partial charge >= 0.3 is 0 Å². The highest BCUT2D eigenvalue weighted by Crippen LogP contribution is 2.24. The van der Waals surface area contributed by atoms with E-state index in [1.165, 1.54) is 32.1 Å². The van der Waals surface area contributed by atoms with Crippen LogP contribution in [0.15, 0.2) is 11.4 Å². The van der Waals surface area contributed by atoms with E-state index >= 15 is 0 Å². The third kappa shape index (κ3) is 3.35. The summed E-state index contributed by atoms with van der Waals surface area (Å²) < 4.78 is 0. The van der Waals surface area contributed by atoms with Gasteiger partial charge in [0.05, 0.1) is 6.33 Å². The number of H-pyrrole nitrogens is 1. The third-order valence-electron chi connectivity index (χ3n) is 2.76.